The number of nitro groups is 1. The van der Waals surface area contributed by atoms with Crippen molar-refractivity contribution in [3.05, 3.63) is 69.8 Å². The number of methoxy groups -OCH3 is 2. The quantitative estimate of drug-likeness (QED) is 0.331. The summed E-state index contributed by atoms with van der Waals surface area (Å²) in [7, 11) is 3.04. The normalized spacial score (nSPS) is 10.5. The van der Waals surface area contributed by atoms with Crippen LogP contribution < -0.4 is 9.47 Å². The number of hydrogen-bond donors (Lipinski definition) is 0. The first-order valence-electron chi connectivity index (χ1n) is 7.34. The number of para-hydroxylation sites is 1. The maximum Gasteiger partial charge on any atom is 0.331 e. The van der Waals surface area contributed by atoms with Crippen LogP contribution in [0.1, 0.15) is 11.1 Å². The van der Waals surface area contributed by atoms with Crippen LogP contribution in [0.25, 0.3) is 6.08 Å². The van der Waals surface area contributed by atoms with Gasteiger partial charge in [-0.2, -0.15) is 0 Å². The van der Waals surface area contributed by atoms with Crippen molar-refractivity contribution in [3.63, 3.8) is 0 Å². The zero-order chi connectivity index (χ0) is 18.2. The molecule has 0 unspecified atom stereocenters. The Morgan fingerprint density at radius 2 is 1.92 bits per heavy atom. The first kappa shape index (κ1) is 18.0. The van der Waals surface area contributed by atoms with Crippen molar-refractivity contribution in [1.82, 2.24) is 0 Å². The molecule has 0 bridgehead atoms. The van der Waals surface area contributed by atoms with Crippen molar-refractivity contribution in [1.29, 1.82) is 0 Å². The van der Waals surface area contributed by atoms with Gasteiger partial charge in [-0.3, -0.25) is 10.1 Å². The molecule has 0 spiro atoms. The molecule has 2 aromatic carbocycles. The fourth-order valence-corrected chi connectivity index (χ4v) is 2.16. The molecule has 0 aliphatic carbocycles. The average Bonchev–Trinajstić information content (AvgIpc) is 2.64. The highest BCUT2D eigenvalue weighted by Gasteiger charge is 2.09. The second kappa shape index (κ2) is 8.49. The van der Waals surface area contributed by atoms with E-state index in [0.29, 0.717) is 22.6 Å². The molecular weight excluding hydrogens is 326 g/mol. The van der Waals surface area contributed by atoms with E-state index < -0.39 is 10.9 Å². The summed E-state index contributed by atoms with van der Waals surface area (Å²) in [6, 6.07) is 11.2. The summed E-state index contributed by atoms with van der Waals surface area (Å²) in [6.07, 6.45) is 2.81. The van der Waals surface area contributed by atoms with Crippen molar-refractivity contribution in [3.8, 4) is 11.5 Å². The van der Waals surface area contributed by atoms with Gasteiger partial charge in [0.2, 0.25) is 0 Å². The smallest absolute Gasteiger partial charge is 0.331 e. The highest BCUT2D eigenvalue weighted by atomic mass is 16.6. The van der Waals surface area contributed by atoms with Gasteiger partial charge >= 0.3 is 5.97 Å². The Morgan fingerprint density at radius 3 is 2.60 bits per heavy atom. The first-order chi connectivity index (χ1) is 12.0. The predicted molar refractivity (Wildman–Crippen MR) is 91.5 cm³/mol. The van der Waals surface area contributed by atoms with Crippen LogP contribution in [0.15, 0.2) is 48.5 Å². The van der Waals surface area contributed by atoms with E-state index >= 15 is 0 Å². The molecule has 7 heteroatoms. The third kappa shape index (κ3) is 4.81. The van der Waals surface area contributed by atoms with E-state index in [2.05, 4.69) is 0 Å². The van der Waals surface area contributed by atoms with Gasteiger partial charge in [-0.15, -0.1) is 0 Å². The molecule has 0 N–H and O–H groups in total. The molecule has 0 saturated carbocycles. The number of ether oxygens (including phenoxy) is 3. The van der Waals surface area contributed by atoms with Gasteiger partial charge in [-0.05, 0) is 17.7 Å². The van der Waals surface area contributed by atoms with E-state index in [-0.39, 0.29) is 12.3 Å². The van der Waals surface area contributed by atoms with Crippen LogP contribution in [0.4, 0.5) is 5.69 Å². The van der Waals surface area contributed by atoms with E-state index in [0.717, 1.165) is 0 Å². The number of nitrogens with zero attached hydrogens (tertiary/aromatic N) is 1. The Hall–Kier alpha value is -3.35. The molecule has 25 heavy (non-hydrogen) atoms. The minimum atomic E-state index is -0.573. The molecule has 0 atom stereocenters. The fraction of sp³-hybridized carbons (Fsp3) is 0.167. The number of hydrogen-bond acceptors (Lipinski definition) is 6. The summed E-state index contributed by atoms with van der Waals surface area (Å²) in [5.41, 5.74) is 1.15. The lowest BCUT2D eigenvalue weighted by molar-refractivity contribution is -0.384. The highest BCUT2D eigenvalue weighted by Crippen LogP contribution is 2.31. The molecule has 0 fully saturated rings. The maximum atomic E-state index is 11.8. The van der Waals surface area contributed by atoms with Crippen LogP contribution in [0.3, 0.4) is 0 Å². The van der Waals surface area contributed by atoms with Crippen LogP contribution in [-0.4, -0.2) is 25.1 Å². The number of non-ortho nitro benzene ring substituents is 1. The van der Waals surface area contributed by atoms with Gasteiger partial charge in [0, 0.05) is 23.8 Å². The van der Waals surface area contributed by atoms with E-state index in [1.54, 1.807) is 30.3 Å². The van der Waals surface area contributed by atoms with Crippen molar-refractivity contribution in [2.45, 2.75) is 6.61 Å². The predicted octanol–water partition coefficient (Wildman–Crippen LogP) is 3.37. The summed E-state index contributed by atoms with van der Waals surface area (Å²) in [5.74, 6) is 0.485. The number of rotatable bonds is 7. The lowest BCUT2D eigenvalue weighted by Gasteiger charge is -2.09. The van der Waals surface area contributed by atoms with Crippen molar-refractivity contribution in [2.75, 3.05) is 14.2 Å². The Kier molecular flexibility index (Phi) is 6.11. The highest BCUT2D eigenvalue weighted by molar-refractivity contribution is 5.87. The Bertz CT molecular complexity index is 800. The van der Waals surface area contributed by atoms with Gasteiger partial charge in [-0.25, -0.2) is 4.79 Å². The van der Waals surface area contributed by atoms with Gasteiger partial charge in [0.1, 0.15) is 6.61 Å². The Labute approximate surface area is 144 Å². The topological polar surface area (TPSA) is 87.9 Å². The first-order valence-corrected chi connectivity index (χ1v) is 7.34. The largest absolute Gasteiger partial charge is 0.493 e. The molecule has 0 aromatic heterocycles. The Morgan fingerprint density at radius 1 is 1.16 bits per heavy atom. The average molecular weight is 343 g/mol. The molecule has 0 amide bonds. The van der Waals surface area contributed by atoms with Crippen molar-refractivity contribution in [2.24, 2.45) is 0 Å². The number of nitro benzene ring substituents is 1. The standard InChI is InChI=1S/C18H17NO6/c1-23-16-8-4-6-14(18(16)24-2)9-10-17(20)25-12-13-5-3-7-15(11-13)19(21)22/h3-11H,12H2,1-2H3/b10-9+. The maximum absolute atomic E-state index is 11.8. The van der Waals surface area contributed by atoms with Crippen LogP contribution >= 0.6 is 0 Å². The molecule has 0 aliphatic rings. The molecular formula is C18H17NO6. The summed E-state index contributed by atoms with van der Waals surface area (Å²) in [5, 5.41) is 10.7. The van der Waals surface area contributed by atoms with Crippen LogP contribution in [0.5, 0.6) is 11.5 Å². The molecule has 0 aliphatic heterocycles. The van der Waals surface area contributed by atoms with Crippen LogP contribution in [0, 0.1) is 10.1 Å². The minimum Gasteiger partial charge on any atom is -0.493 e. The lowest BCUT2D eigenvalue weighted by atomic mass is 10.1. The molecule has 7 nitrogen and oxygen atoms in total. The Balaban J connectivity index is 2.02. The van der Waals surface area contributed by atoms with Gasteiger partial charge < -0.3 is 14.2 Å². The van der Waals surface area contributed by atoms with Crippen LogP contribution in [0.2, 0.25) is 0 Å². The second-order valence-electron chi connectivity index (χ2n) is 4.95. The zero-order valence-electron chi connectivity index (χ0n) is 13.8. The van der Waals surface area contributed by atoms with Crippen molar-refractivity contribution >= 4 is 17.7 Å². The molecule has 0 saturated heterocycles. The molecule has 0 heterocycles. The third-order valence-corrected chi connectivity index (χ3v) is 3.33. The minimum absolute atomic E-state index is 0.0507. The van der Waals surface area contributed by atoms with E-state index in [1.807, 2.05) is 0 Å². The number of benzene rings is 2. The SMILES string of the molecule is COc1cccc(/C=C/C(=O)OCc2cccc([N+](=O)[O-])c2)c1OC. The molecule has 0 radical (unpaired) electrons. The second-order valence-corrected chi connectivity index (χ2v) is 4.95. The van der Waals surface area contributed by atoms with Crippen LogP contribution in [-0.2, 0) is 16.1 Å². The van der Waals surface area contributed by atoms with Gasteiger partial charge in [0.15, 0.2) is 11.5 Å². The molecule has 2 aromatic rings. The number of esters is 1. The third-order valence-electron chi connectivity index (χ3n) is 3.33. The molecule has 130 valence electrons. The van der Waals surface area contributed by atoms with Gasteiger partial charge in [-0.1, -0.05) is 24.3 Å². The summed E-state index contributed by atoms with van der Waals surface area (Å²) in [4.78, 5) is 22.1. The lowest BCUT2D eigenvalue weighted by Crippen LogP contribution is -2.01. The number of carbonyl (C=O) groups is 1. The molecule has 2 rings (SSSR count). The van der Waals surface area contributed by atoms with Gasteiger partial charge in [0.25, 0.3) is 5.69 Å². The zero-order valence-corrected chi connectivity index (χ0v) is 13.8. The summed E-state index contributed by atoms with van der Waals surface area (Å²) < 4.78 is 15.6. The van der Waals surface area contributed by atoms with E-state index in [9.17, 15) is 14.9 Å². The fourth-order valence-electron chi connectivity index (χ4n) is 2.16. The monoisotopic (exact) mass is 343 g/mol. The number of carbonyl (C=O) groups excluding carboxylic acids is 1. The van der Waals surface area contributed by atoms with Crippen molar-refractivity contribution < 1.29 is 23.9 Å². The van der Waals surface area contributed by atoms with E-state index in [4.69, 9.17) is 14.2 Å². The van der Waals surface area contributed by atoms with Gasteiger partial charge in [0.05, 0.1) is 19.1 Å². The van der Waals surface area contributed by atoms with E-state index in [1.165, 1.54) is 38.5 Å². The summed E-state index contributed by atoms with van der Waals surface area (Å²) in [6.45, 7) is -0.0555. The summed E-state index contributed by atoms with van der Waals surface area (Å²) >= 11 is 0.